The summed E-state index contributed by atoms with van der Waals surface area (Å²) in [6.07, 6.45) is 0.939. The lowest BCUT2D eigenvalue weighted by atomic mass is 10.2. The maximum atomic E-state index is 12.9. The molecule has 0 unspecified atom stereocenters. The molecule has 0 fully saturated rings. The van der Waals surface area contributed by atoms with Gasteiger partial charge in [-0.05, 0) is 51.5 Å². The number of amides is 1. The lowest BCUT2D eigenvalue weighted by Crippen LogP contribution is -2.32. The number of aromatic nitrogens is 1. The number of rotatable bonds is 4. The fourth-order valence-corrected chi connectivity index (χ4v) is 3.68. The molecule has 1 aromatic heterocycles. The highest BCUT2D eigenvalue weighted by atomic mass is 32.2. The van der Waals surface area contributed by atoms with Gasteiger partial charge in [-0.25, -0.2) is 13.2 Å². The summed E-state index contributed by atoms with van der Waals surface area (Å²) < 4.78 is 31.0. The van der Waals surface area contributed by atoms with Gasteiger partial charge in [0, 0.05) is 6.20 Å². The Hall–Kier alpha value is -2.41. The van der Waals surface area contributed by atoms with Gasteiger partial charge in [0.05, 0.1) is 22.0 Å². The Morgan fingerprint density at radius 1 is 1.20 bits per heavy atom. The normalized spacial score (nSPS) is 11.8. The number of hydrogen-bond donors (Lipinski definition) is 1. The highest BCUT2D eigenvalue weighted by Gasteiger charge is 2.23. The van der Waals surface area contributed by atoms with Crippen molar-refractivity contribution in [2.45, 2.75) is 49.6 Å². The van der Waals surface area contributed by atoms with Gasteiger partial charge in [0.2, 0.25) is 9.84 Å². The summed E-state index contributed by atoms with van der Waals surface area (Å²) in [5, 5.41) is 2.55. The summed E-state index contributed by atoms with van der Waals surface area (Å²) in [5.74, 6) is 0. The molecule has 0 saturated heterocycles. The van der Waals surface area contributed by atoms with Crippen LogP contribution in [-0.2, 0) is 21.1 Å². The van der Waals surface area contributed by atoms with E-state index in [0.717, 1.165) is 5.56 Å². The molecule has 0 radical (unpaired) electrons. The number of nitrogens with one attached hydrogen (secondary N) is 1. The van der Waals surface area contributed by atoms with Crippen LogP contribution in [-0.4, -0.2) is 25.1 Å². The number of alkyl carbamates (subject to hydrolysis) is 1. The van der Waals surface area contributed by atoms with E-state index in [9.17, 15) is 13.2 Å². The quantitative estimate of drug-likeness (QED) is 0.902. The van der Waals surface area contributed by atoms with Crippen molar-refractivity contribution in [3.05, 3.63) is 53.9 Å². The van der Waals surface area contributed by atoms with E-state index in [1.807, 2.05) is 0 Å². The molecule has 2 rings (SSSR count). The molecule has 0 spiro atoms. The molecule has 0 aliphatic heterocycles. The molecular formula is C18H22N2O4S. The second-order valence-corrected chi connectivity index (χ2v) is 8.55. The van der Waals surface area contributed by atoms with Crippen LogP contribution in [0.15, 0.2) is 52.4 Å². The minimum atomic E-state index is -3.73. The molecule has 2 aromatic rings. The Morgan fingerprint density at radius 3 is 2.44 bits per heavy atom. The van der Waals surface area contributed by atoms with E-state index in [-0.39, 0.29) is 22.0 Å². The van der Waals surface area contributed by atoms with E-state index in [4.69, 9.17) is 4.74 Å². The number of carbonyl (C=O) groups excluding carboxylic acids is 1. The monoisotopic (exact) mass is 362 g/mol. The molecule has 1 aromatic carbocycles. The van der Waals surface area contributed by atoms with Gasteiger partial charge < -0.3 is 10.1 Å². The lowest BCUT2D eigenvalue weighted by molar-refractivity contribution is 0.0522. The molecular weight excluding hydrogens is 340 g/mol. The zero-order valence-corrected chi connectivity index (χ0v) is 15.6. The Balaban J connectivity index is 2.31. The number of aryl methyl sites for hydroxylation is 1. The summed E-state index contributed by atoms with van der Waals surface area (Å²) in [7, 11) is -3.73. The third-order valence-electron chi connectivity index (χ3n) is 3.21. The Bertz CT molecular complexity index is 856. The maximum Gasteiger partial charge on any atom is 0.407 e. The Morgan fingerprint density at radius 2 is 1.84 bits per heavy atom. The van der Waals surface area contributed by atoms with Crippen molar-refractivity contribution in [2.24, 2.45) is 0 Å². The summed E-state index contributed by atoms with van der Waals surface area (Å²) >= 11 is 0. The highest BCUT2D eigenvalue weighted by molar-refractivity contribution is 7.91. The number of sulfone groups is 1. The molecule has 1 N–H and O–H groups in total. The number of nitrogens with zero attached hydrogens (tertiary/aromatic N) is 1. The van der Waals surface area contributed by atoms with Gasteiger partial charge in [-0.3, -0.25) is 4.98 Å². The average Bonchev–Trinajstić information content (AvgIpc) is 2.53. The van der Waals surface area contributed by atoms with Crippen molar-refractivity contribution in [2.75, 3.05) is 0 Å². The first-order valence-corrected chi connectivity index (χ1v) is 9.30. The molecule has 1 amide bonds. The fourth-order valence-electron chi connectivity index (χ4n) is 2.13. The molecule has 0 saturated carbocycles. The lowest BCUT2D eigenvalue weighted by Gasteiger charge is -2.20. The van der Waals surface area contributed by atoms with Gasteiger partial charge >= 0.3 is 6.09 Å². The average molecular weight is 362 g/mol. The van der Waals surface area contributed by atoms with E-state index in [0.29, 0.717) is 0 Å². The van der Waals surface area contributed by atoms with Crippen molar-refractivity contribution in [1.82, 2.24) is 10.3 Å². The number of hydrogen-bond acceptors (Lipinski definition) is 5. The predicted molar refractivity (Wildman–Crippen MR) is 93.9 cm³/mol. The van der Waals surface area contributed by atoms with Crippen LogP contribution in [0.4, 0.5) is 4.79 Å². The van der Waals surface area contributed by atoms with Crippen LogP contribution in [0.5, 0.6) is 0 Å². The zero-order valence-electron chi connectivity index (χ0n) is 14.7. The largest absolute Gasteiger partial charge is 0.444 e. The standard InChI is InChI=1S/C18H22N2O4S/c1-13-10-16(25(22,23)14-8-6-5-7-9-14)15(19-11-13)12-20-17(21)24-18(2,3)4/h5-11H,12H2,1-4H3,(H,20,21). The first-order chi connectivity index (χ1) is 11.6. The van der Waals surface area contributed by atoms with Gasteiger partial charge in [0.15, 0.2) is 0 Å². The first kappa shape index (κ1) is 18.9. The summed E-state index contributed by atoms with van der Waals surface area (Å²) in [5.41, 5.74) is 0.347. The molecule has 6 nitrogen and oxygen atoms in total. The number of ether oxygens (including phenoxy) is 1. The van der Waals surface area contributed by atoms with Crippen molar-refractivity contribution < 1.29 is 17.9 Å². The minimum Gasteiger partial charge on any atom is -0.444 e. The summed E-state index contributed by atoms with van der Waals surface area (Å²) in [4.78, 5) is 16.3. The number of benzene rings is 1. The molecule has 25 heavy (non-hydrogen) atoms. The van der Waals surface area contributed by atoms with Crippen LogP contribution in [0.1, 0.15) is 32.0 Å². The second kappa shape index (κ2) is 7.23. The first-order valence-electron chi connectivity index (χ1n) is 7.82. The summed E-state index contributed by atoms with van der Waals surface area (Å²) in [6.45, 7) is 6.98. The Labute approximate surface area is 148 Å². The van der Waals surface area contributed by atoms with Crippen LogP contribution in [0.25, 0.3) is 0 Å². The van der Waals surface area contributed by atoms with E-state index in [1.54, 1.807) is 58.2 Å². The second-order valence-electron chi connectivity index (χ2n) is 6.63. The van der Waals surface area contributed by atoms with Gasteiger partial charge in [-0.2, -0.15) is 0 Å². The van der Waals surface area contributed by atoms with Crippen molar-refractivity contribution in [3.63, 3.8) is 0 Å². The molecule has 134 valence electrons. The van der Waals surface area contributed by atoms with E-state index < -0.39 is 21.5 Å². The third kappa shape index (κ3) is 5.03. The van der Waals surface area contributed by atoms with E-state index in [1.165, 1.54) is 12.1 Å². The SMILES string of the molecule is Cc1cnc(CNC(=O)OC(C)(C)C)c(S(=O)(=O)c2ccccc2)c1. The molecule has 7 heteroatoms. The van der Waals surface area contributed by atoms with E-state index >= 15 is 0 Å². The van der Waals surface area contributed by atoms with Crippen LogP contribution in [0, 0.1) is 6.92 Å². The van der Waals surface area contributed by atoms with Crippen LogP contribution in [0.2, 0.25) is 0 Å². The molecule has 0 bridgehead atoms. The van der Waals surface area contributed by atoms with Gasteiger partial charge in [-0.1, -0.05) is 18.2 Å². The van der Waals surface area contributed by atoms with E-state index in [2.05, 4.69) is 10.3 Å². The van der Waals surface area contributed by atoms with Crippen molar-refractivity contribution >= 4 is 15.9 Å². The van der Waals surface area contributed by atoms with Gasteiger partial charge in [0.1, 0.15) is 5.60 Å². The molecule has 0 aliphatic carbocycles. The molecule has 0 atom stereocenters. The van der Waals surface area contributed by atoms with Gasteiger partial charge in [0.25, 0.3) is 0 Å². The third-order valence-corrected chi connectivity index (χ3v) is 5.03. The topological polar surface area (TPSA) is 85.4 Å². The van der Waals surface area contributed by atoms with Gasteiger partial charge in [-0.15, -0.1) is 0 Å². The molecule has 1 heterocycles. The predicted octanol–water partition coefficient (Wildman–Crippen LogP) is 3.25. The Kier molecular flexibility index (Phi) is 5.47. The van der Waals surface area contributed by atoms with Crippen molar-refractivity contribution in [3.8, 4) is 0 Å². The molecule has 0 aliphatic rings. The van der Waals surface area contributed by atoms with Crippen LogP contribution < -0.4 is 5.32 Å². The smallest absolute Gasteiger partial charge is 0.407 e. The van der Waals surface area contributed by atoms with Crippen LogP contribution >= 0.6 is 0 Å². The zero-order chi connectivity index (χ0) is 18.7. The number of carbonyl (C=O) groups is 1. The highest BCUT2D eigenvalue weighted by Crippen LogP contribution is 2.24. The minimum absolute atomic E-state index is 0.0450. The summed E-state index contributed by atoms with van der Waals surface area (Å²) in [6, 6.07) is 9.69. The van der Waals surface area contributed by atoms with Crippen LogP contribution in [0.3, 0.4) is 0 Å². The number of pyridine rings is 1. The maximum absolute atomic E-state index is 12.9. The fraction of sp³-hybridized carbons (Fsp3) is 0.333. The van der Waals surface area contributed by atoms with Crippen molar-refractivity contribution in [1.29, 1.82) is 0 Å².